The van der Waals surface area contributed by atoms with Crippen LogP contribution in [0.25, 0.3) is 55.7 Å². The summed E-state index contributed by atoms with van der Waals surface area (Å²) < 4.78 is 19.5. The Morgan fingerprint density at radius 2 is 1.64 bits per heavy atom. The highest BCUT2D eigenvalue weighted by atomic mass is 19.1. The Labute approximate surface area is 223 Å². The quantitative estimate of drug-likeness (QED) is 0.242. The number of hydrogen-bond donors (Lipinski definition) is 2. The van der Waals surface area contributed by atoms with Crippen LogP contribution >= 0.6 is 0 Å². The Morgan fingerprint density at radius 3 is 2.51 bits per heavy atom. The molecule has 0 aliphatic carbocycles. The minimum absolute atomic E-state index is 0.256. The Morgan fingerprint density at radius 1 is 0.769 bits per heavy atom. The highest BCUT2D eigenvalue weighted by Crippen LogP contribution is 2.34. The summed E-state index contributed by atoms with van der Waals surface area (Å²) in [6, 6.07) is 30.5. The Kier molecular flexibility index (Phi) is 5.59. The van der Waals surface area contributed by atoms with Gasteiger partial charge in [-0.05, 0) is 59.2 Å². The van der Waals surface area contributed by atoms with Gasteiger partial charge in [-0.15, -0.1) is 0 Å². The summed E-state index contributed by atoms with van der Waals surface area (Å²) in [7, 11) is 0. The van der Waals surface area contributed by atoms with E-state index < -0.39 is 0 Å². The fourth-order valence-electron chi connectivity index (χ4n) is 4.79. The number of aromatic amines is 2. The SMILES string of the molecule is Fc1ccc(-c2cccc3[nH]c(-c4n[nH]c5ccc(-c6cncc(OCc7ccccc7)c6)nc45)cc23)cc1. The number of fused-ring (bicyclic) bond motifs is 2. The summed E-state index contributed by atoms with van der Waals surface area (Å²) >= 11 is 0. The van der Waals surface area contributed by atoms with Crippen molar-refractivity contribution < 1.29 is 9.13 Å². The topological polar surface area (TPSA) is 79.5 Å². The largest absolute Gasteiger partial charge is 0.487 e. The van der Waals surface area contributed by atoms with Crippen molar-refractivity contribution in [3.05, 3.63) is 121 Å². The van der Waals surface area contributed by atoms with Crippen molar-refractivity contribution in [2.45, 2.75) is 6.61 Å². The zero-order valence-electron chi connectivity index (χ0n) is 20.7. The third-order valence-electron chi connectivity index (χ3n) is 6.74. The molecule has 0 spiro atoms. The number of hydrogen-bond acceptors (Lipinski definition) is 4. The number of H-pyrrole nitrogens is 2. The lowest BCUT2D eigenvalue weighted by Gasteiger charge is -2.08. The van der Waals surface area contributed by atoms with Crippen molar-refractivity contribution in [2.75, 3.05) is 0 Å². The average Bonchev–Trinajstić information content (AvgIpc) is 3.61. The van der Waals surface area contributed by atoms with Gasteiger partial charge in [0.1, 0.15) is 29.4 Å². The summed E-state index contributed by atoms with van der Waals surface area (Å²) in [6.07, 6.45) is 3.48. The number of nitrogens with zero attached hydrogens (tertiary/aromatic N) is 3. The van der Waals surface area contributed by atoms with Crippen LogP contribution in [0.3, 0.4) is 0 Å². The molecule has 0 atom stereocenters. The number of pyridine rings is 2. The first-order chi connectivity index (χ1) is 19.2. The molecule has 4 heterocycles. The van der Waals surface area contributed by atoms with Gasteiger partial charge in [0.25, 0.3) is 0 Å². The zero-order valence-corrected chi connectivity index (χ0v) is 20.7. The lowest BCUT2D eigenvalue weighted by molar-refractivity contribution is 0.305. The van der Waals surface area contributed by atoms with Crippen molar-refractivity contribution in [2.24, 2.45) is 0 Å². The van der Waals surface area contributed by atoms with Crippen LogP contribution < -0.4 is 4.74 Å². The molecule has 7 heteroatoms. The first-order valence-electron chi connectivity index (χ1n) is 12.6. The molecule has 0 saturated carbocycles. The summed E-state index contributed by atoms with van der Waals surface area (Å²) in [6.45, 7) is 0.463. The van der Waals surface area contributed by atoms with E-state index in [-0.39, 0.29) is 5.82 Å². The van der Waals surface area contributed by atoms with Gasteiger partial charge >= 0.3 is 0 Å². The number of ether oxygens (including phenoxy) is 1. The van der Waals surface area contributed by atoms with E-state index in [1.54, 1.807) is 24.5 Å². The van der Waals surface area contributed by atoms with Crippen molar-refractivity contribution in [3.8, 4) is 39.5 Å². The lowest BCUT2D eigenvalue weighted by atomic mass is 10.0. The van der Waals surface area contributed by atoms with E-state index in [2.05, 4.69) is 26.2 Å². The fraction of sp³-hybridized carbons (Fsp3) is 0.0312. The van der Waals surface area contributed by atoms with Gasteiger partial charge < -0.3 is 9.72 Å². The standard InChI is InChI=1S/C32H22FN5O/c33-23-11-9-21(10-12-23)25-7-4-8-28-26(25)16-30(35-28)32-31-29(37-38-32)14-13-27(36-31)22-15-24(18-34-17-22)39-19-20-5-2-1-3-6-20/h1-18,35H,19H2,(H,37,38). The molecule has 6 nitrogen and oxygen atoms in total. The van der Waals surface area contributed by atoms with E-state index in [1.165, 1.54) is 12.1 Å². The van der Waals surface area contributed by atoms with E-state index in [0.29, 0.717) is 12.4 Å². The van der Waals surface area contributed by atoms with E-state index in [1.807, 2.05) is 66.7 Å². The number of aromatic nitrogens is 5. The van der Waals surface area contributed by atoms with Gasteiger partial charge in [-0.1, -0.05) is 54.6 Å². The van der Waals surface area contributed by atoms with E-state index in [0.717, 1.165) is 61.3 Å². The molecule has 2 N–H and O–H groups in total. The monoisotopic (exact) mass is 511 g/mol. The van der Waals surface area contributed by atoms with Crippen LogP contribution in [0.1, 0.15) is 5.56 Å². The van der Waals surface area contributed by atoms with Gasteiger partial charge in [0, 0.05) is 22.7 Å². The van der Waals surface area contributed by atoms with Gasteiger partial charge in [0.15, 0.2) is 0 Å². The molecular weight excluding hydrogens is 489 g/mol. The maximum absolute atomic E-state index is 13.5. The molecule has 188 valence electrons. The van der Waals surface area contributed by atoms with Crippen LogP contribution in [0.5, 0.6) is 5.75 Å². The highest BCUT2D eigenvalue weighted by Gasteiger charge is 2.16. The molecule has 7 rings (SSSR count). The predicted molar refractivity (Wildman–Crippen MR) is 151 cm³/mol. The first kappa shape index (κ1) is 22.9. The molecule has 0 amide bonds. The summed E-state index contributed by atoms with van der Waals surface area (Å²) in [5.41, 5.74) is 8.78. The summed E-state index contributed by atoms with van der Waals surface area (Å²) in [4.78, 5) is 12.8. The van der Waals surface area contributed by atoms with Crippen LogP contribution in [-0.4, -0.2) is 25.1 Å². The Balaban J connectivity index is 1.24. The molecule has 0 unspecified atom stereocenters. The molecule has 0 aliphatic rings. The number of nitrogens with one attached hydrogen (secondary N) is 2. The number of rotatable bonds is 6. The summed E-state index contributed by atoms with van der Waals surface area (Å²) in [5.74, 6) is 0.420. The normalized spacial score (nSPS) is 11.3. The van der Waals surface area contributed by atoms with Gasteiger partial charge in [0.05, 0.1) is 23.1 Å². The van der Waals surface area contributed by atoms with E-state index in [9.17, 15) is 4.39 Å². The van der Waals surface area contributed by atoms with Crippen molar-refractivity contribution >= 4 is 21.9 Å². The molecular formula is C32H22FN5O. The fourth-order valence-corrected chi connectivity index (χ4v) is 4.79. The van der Waals surface area contributed by atoms with Crippen molar-refractivity contribution in [3.63, 3.8) is 0 Å². The predicted octanol–water partition coefficient (Wildman–Crippen LogP) is 7.55. The maximum atomic E-state index is 13.5. The Hall–Kier alpha value is -5.30. The summed E-state index contributed by atoms with van der Waals surface area (Å²) in [5, 5.41) is 8.71. The van der Waals surface area contributed by atoms with Crippen molar-refractivity contribution in [1.29, 1.82) is 0 Å². The van der Waals surface area contributed by atoms with Crippen LogP contribution in [0.2, 0.25) is 0 Å². The van der Waals surface area contributed by atoms with Crippen LogP contribution in [0, 0.1) is 5.82 Å². The maximum Gasteiger partial charge on any atom is 0.138 e. The van der Waals surface area contributed by atoms with Gasteiger partial charge in [-0.3, -0.25) is 10.1 Å². The Bertz CT molecular complexity index is 1930. The third-order valence-corrected chi connectivity index (χ3v) is 6.74. The minimum Gasteiger partial charge on any atom is -0.487 e. The minimum atomic E-state index is -0.256. The first-order valence-corrected chi connectivity index (χ1v) is 12.6. The van der Waals surface area contributed by atoms with Crippen LogP contribution in [0.15, 0.2) is 109 Å². The van der Waals surface area contributed by atoms with Gasteiger partial charge in [0.2, 0.25) is 0 Å². The molecule has 39 heavy (non-hydrogen) atoms. The highest BCUT2D eigenvalue weighted by molar-refractivity contribution is 6.00. The molecule has 4 aromatic heterocycles. The molecule has 0 radical (unpaired) electrons. The second-order valence-electron chi connectivity index (χ2n) is 9.31. The average molecular weight is 512 g/mol. The number of halogens is 1. The van der Waals surface area contributed by atoms with Gasteiger partial charge in [-0.25, -0.2) is 9.37 Å². The third kappa shape index (κ3) is 4.40. The second-order valence-corrected chi connectivity index (χ2v) is 9.31. The molecule has 0 aliphatic heterocycles. The van der Waals surface area contributed by atoms with E-state index in [4.69, 9.17) is 9.72 Å². The zero-order chi connectivity index (χ0) is 26.2. The molecule has 7 aromatic rings. The molecule has 0 saturated heterocycles. The second kappa shape index (κ2) is 9.54. The molecule has 0 fully saturated rings. The van der Waals surface area contributed by atoms with Gasteiger partial charge in [-0.2, -0.15) is 5.10 Å². The lowest BCUT2D eigenvalue weighted by Crippen LogP contribution is -1.96. The number of benzene rings is 3. The smallest absolute Gasteiger partial charge is 0.138 e. The van der Waals surface area contributed by atoms with E-state index >= 15 is 0 Å². The molecule has 3 aromatic carbocycles. The van der Waals surface area contributed by atoms with Crippen LogP contribution in [0.4, 0.5) is 4.39 Å². The molecule has 0 bridgehead atoms. The van der Waals surface area contributed by atoms with Crippen molar-refractivity contribution in [1.82, 2.24) is 25.1 Å². The van der Waals surface area contributed by atoms with Crippen LogP contribution in [-0.2, 0) is 6.61 Å².